The fourth-order valence-electron chi connectivity index (χ4n) is 2.74. The molecule has 3 rings (SSSR count). The molecule has 124 valence electrons. The Balaban J connectivity index is 1.52. The second kappa shape index (κ2) is 6.97. The van der Waals surface area contributed by atoms with Crippen LogP contribution in [0.5, 0.6) is 0 Å². The number of carbonyl (C=O) groups is 3. The number of likely N-dealkylation sites (N-methyl/N-ethyl adjacent to an activating group) is 1. The molecule has 6 heteroatoms. The maximum atomic E-state index is 12.3. The molecule has 2 aromatic rings. The van der Waals surface area contributed by atoms with Crippen LogP contribution in [-0.4, -0.2) is 31.2 Å². The summed E-state index contributed by atoms with van der Waals surface area (Å²) in [5.74, 6) is -0.0712. The van der Waals surface area contributed by atoms with Crippen molar-refractivity contribution >= 4 is 34.6 Å². The third kappa shape index (κ3) is 3.54. The van der Waals surface area contributed by atoms with Crippen molar-refractivity contribution in [2.45, 2.75) is 19.3 Å². The van der Waals surface area contributed by atoms with Crippen LogP contribution in [0.4, 0.5) is 5.69 Å². The lowest BCUT2D eigenvalue weighted by Gasteiger charge is -2.10. The van der Waals surface area contributed by atoms with E-state index in [1.54, 1.807) is 35.4 Å². The van der Waals surface area contributed by atoms with Gasteiger partial charge in [0.15, 0.2) is 5.78 Å². The Hall–Kier alpha value is -2.47. The lowest BCUT2D eigenvalue weighted by Crippen LogP contribution is -2.27. The van der Waals surface area contributed by atoms with Crippen LogP contribution in [0.1, 0.15) is 27.2 Å². The molecule has 0 bridgehead atoms. The van der Waals surface area contributed by atoms with Crippen molar-refractivity contribution in [3.05, 3.63) is 51.7 Å². The Kier molecular flexibility index (Phi) is 4.76. The van der Waals surface area contributed by atoms with Crippen LogP contribution in [0.15, 0.2) is 35.7 Å². The molecule has 0 saturated heterocycles. The van der Waals surface area contributed by atoms with Gasteiger partial charge in [0.25, 0.3) is 0 Å². The van der Waals surface area contributed by atoms with Gasteiger partial charge in [-0.25, -0.2) is 0 Å². The summed E-state index contributed by atoms with van der Waals surface area (Å²) in [5.41, 5.74) is 2.33. The summed E-state index contributed by atoms with van der Waals surface area (Å²) in [4.78, 5) is 38.3. The summed E-state index contributed by atoms with van der Waals surface area (Å²) in [5, 5.41) is 4.71. The molecule has 0 unspecified atom stereocenters. The molecular weight excluding hydrogens is 324 g/mol. The molecule has 0 saturated carbocycles. The number of hydrogen-bond acceptors (Lipinski definition) is 4. The number of anilines is 1. The Morgan fingerprint density at radius 2 is 2.12 bits per heavy atom. The highest BCUT2D eigenvalue weighted by atomic mass is 32.1. The molecule has 1 aliphatic heterocycles. The maximum absolute atomic E-state index is 12.3. The van der Waals surface area contributed by atoms with Gasteiger partial charge in [-0.1, -0.05) is 6.07 Å². The first-order valence-corrected chi connectivity index (χ1v) is 8.64. The minimum Gasteiger partial charge on any atom is -0.355 e. The largest absolute Gasteiger partial charge is 0.355 e. The molecule has 5 nitrogen and oxygen atoms in total. The number of Topliss-reactive ketones (excluding diaryl/α,β-unsaturated/α-hetero) is 1. The lowest BCUT2D eigenvalue weighted by atomic mass is 10.0. The number of rotatable bonds is 6. The predicted molar refractivity (Wildman–Crippen MR) is 93.5 cm³/mol. The van der Waals surface area contributed by atoms with E-state index in [-0.39, 0.29) is 24.0 Å². The second-order valence-electron chi connectivity index (χ2n) is 5.75. The van der Waals surface area contributed by atoms with E-state index in [4.69, 9.17) is 0 Å². The van der Waals surface area contributed by atoms with Crippen molar-refractivity contribution < 1.29 is 14.4 Å². The quantitative estimate of drug-likeness (QED) is 0.819. The summed E-state index contributed by atoms with van der Waals surface area (Å²) in [6, 6.07) is 9.16. The van der Waals surface area contributed by atoms with Crippen LogP contribution >= 0.6 is 11.3 Å². The minimum atomic E-state index is -0.0774. The molecule has 1 aliphatic rings. The molecule has 0 spiro atoms. The Bertz CT molecular complexity index is 784. The van der Waals surface area contributed by atoms with Crippen LogP contribution in [0.2, 0.25) is 0 Å². The fourth-order valence-corrected chi connectivity index (χ4v) is 3.44. The van der Waals surface area contributed by atoms with E-state index >= 15 is 0 Å². The van der Waals surface area contributed by atoms with Gasteiger partial charge in [0.1, 0.15) is 0 Å². The van der Waals surface area contributed by atoms with Crippen LogP contribution in [0.25, 0.3) is 0 Å². The Morgan fingerprint density at radius 1 is 1.29 bits per heavy atom. The zero-order valence-corrected chi connectivity index (χ0v) is 14.2. The van der Waals surface area contributed by atoms with Crippen LogP contribution in [-0.2, 0) is 22.4 Å². The van der Waals surface area contributed by atoms with Crippen molar-refractivity contribution in [3.63, 3.8) is 0 Å². The first-order chi connectivity index (χ1) is 11.5. The van der Waals surface area contributed by atoms with Gasteiger partial charge in [0.2, 0.25) is 11.8 Å². The molecule has 2 heterocycles. The minimum absolute atomic E-state index is 0.0313. The summed E-state index contributed by atoms with van der Waals surface area (Å²) < 4.78 is 0. The third-order valence-electron chi connectivity index (χ3n) is 4.07. The van der Waals surface area contributed by atoms with Crippen LogP contribution < -0.4 is 10.2 Å². The van der Waals surface area contributed by atoms with Crippen LogP contribution in [0, 0.1) is 0 Å². The molecular formula is C18H18N2O3S. The maximum Gasteiger partial charge on any atom is 0.231 e. The zero-order chi connectivity index (χ0) is 17.1. The van der Waals surface area contributed by atoms with Gasteiger partial charge in [-0.15, -0.1) is 11.3 Å². The van der Waals surface area contributed by atoms with E-state index in [1.165, 1.54) is 0 Å². The summed E-state index contributed by atoms with van der Waals surface area (Å²) in [6.07, 6.45) is 0.933. The monoisotopic (exact) mass is 342 g/mol. The van der Waals surface area contributed by atoms with Crippen molar-refractivity contribution in [3.8, 4) is 0 Å². The number of ketones is 1. The first kappa shape index (κ1) is 16.4. The highest BCUT2D eigenvalue weighted by Crippen LogP contribution is 2.28. The van der Waals surface area contributed by atoms with E-state index in [1.807, 2.05) is 23.6 Å². The molecule has 1 N–H and O–H groups in total. The molecule has 24 heavy (non-hydrogen) atoms. The number of carbonyl (C=O) groups excluding carboxylic acids is 3. The summed E-state index contributed by atoms with van der Waals surface area (Å²) in [6.45, 7) is 0.318. The molecule has 0 radical (unpaired) electrons. The summed E-state index contributed by atoms with van der Waals surface area (Å²) in [7, 11) is 1.73. The molecule has 2 amide bonds. The second-order valence-corrected chi connectivity index (χ2v) is 6.78. The van der Waals surface area contributed by atoms with Crippen molar-refractivity contribution in [2.24, 2.45) is 0 Å². The fraction of sp³-hybridized carbons (Fsp3) is 0.278. The smallest absolute Gasteiger partial charge is 0.231 e. The van der Waals surface area contributed by atoms with Crippen molar-refractivity contribution in [1.82, 2.24) is 5.32 Å². The van der Waals surface area contributed by atoms with Gasteiger partial charge in [0.05, 0.1) is 12.8 Å². The number of amides is 2. The Morgan fingerprint density at radius 3 is 2.88 bits per heavy atom. The topological polar surface area (TPSA) is 66.5 Å². The highest BCUT2D eigenvalue weighted by molar-refractivity contribution is 7.10. The van der Waals surface area contributed by atoms with Crippen molar-refractivity contribution in [1.29, 1.82) is 0 Å². The average Bonchev–Trinajstić information content (AvgIpc) is 3.15. The summed E-state index contributed by atoms with van der Waals surface area (Å²) >= 11 is 1.54. The third-order valence-corrected chi connectivity index (χ3v) is 4.94. The SMILES string of the molecule is CN1C(=O)Cc2cc(C(=O)CCNC(=O)Cc3cccs3)ccc21. The van der Waals surface area contributed by atoms with Gasteiger partial charge in [-0.05, 0) is 35.2 Å². The van der Waals surface area contributed by atoms with Gasteiger partial charge in [-0.2, -0.15) is 0 Å². The Labute approximate surface area is 144 Å². The molecule has 0 aliphatic carbocycles. The number of benzene rings is 1. The van der Waals surface area contributed by atoms with E-state index in [0.29, 0.717) is 24.9 Å². The first-order valence-electron chi connectivity index (χ1n) is 7.76. The van der Waals surface area contributed by atoms with Gasteiger partial charge < -0.3 is 10.2 Å². The zero-order valence-electron chi connectivity index (χ0n) is 13.4. The number of hydrogen-bond donors (Lipinski definition) is 1. The van der Waals surface area contributed by atoms with E-state index in [2.05, 4.69) is 5.32 Å². The van der Waals surface area contributed by atoms with Gasteiger partial charge in [-0.3, -0.25) is 14.4 Å². The molecule has 1 aromatic heterocycles. The number of nitrogens with zero attached hydrogens (tertiary/aromatic N) is 1. The van der Waals surface area contributed by atoms with E-state index in [0.717, 1.165) is 16.1 Å². The lowest BCUT2D eigenvalue weighted by molar-refractivity contribution is -0.120. The molecule has 0 atom stereocenters. The molecule has 0 fully saturated rings. The van der Waals surface area contributed by atoms with Crippen molar-refractivity contribution in [2.75, 3.05) is 18.5 Å². The van der Waals surface area contributed by atoms with E-state index in [9.17, 15) is 14.4 Å². The highest BCUT2D eigenvalue weighted by Gasteiger charge is 2.24. The number of nitrogens with one attached hydrogen (secondary N) is 1. The van der Waals surface area contributed by atoms with Crippen LogP contribution in [0.3, 0.4) is 0 Å². The van der Waals surface area contributed by atoms with Gasteiger partial charge in [0, 0.05) is 36.1 Å². The molecule has 1 aromatic carbocycles. The number of thiophene rings is 1. The average molecular weight is 342 g/mol. The van der Waals surface area contributed by atoms with Gasteiger partial charge >= 0.3 is 0 Å². The number of fused-ring (bicyclic) bond motifs is 1. The predicted octanol–water partition coefficient (Wildman–Crippen LogP) is 2.20. The normalized spacial score (nSPS) is 13.0. The van der Waals surface area contributed by atoms with E-state index < -0.39 is 0 Å². The standard InChI is InChI=1S/C18H18N2O3S/c1-20-15-5-4-12(9-13(15)10-18(20)23)16(21)6-7-19-17(22)11-14-3-2-8-24-14/h2-5,8-9H,6-7,10-11H2,1H3,(H,19,22).